The van der Waals surface area contributed by atoms with Crippen LogP contribution in [0, 0.1) is 0 Å². The maximum absolute atomic E-state index is 11.5. The third kappa shape index (κ3) is 2.49. The van der Waals surface area contributed by atoms with Crippen LogP contribution >= 0.6 is 0 Å². The number of fused-ring (bicyclic) bond motifs is 1. The molecule has 1 heterocycles. The molecule has 4 heteroatoms. The summed E-state index contributed by atoms with van der Waals surface area (Å²) in [4.78, 5) is 0.352. The van der Waals surface area contributed by atoms with E-state index in [4.69, 9.17) is 0 Å². The second-order valence-corrected chi connectivity index (χ2v) is 7.11. The van der Waals surface area contributed by atoms with E-state index in [0.29, 0.717) is 4.90 Å². The van der Waals surface area contributed by atoms with Gasteiger partial charge in [-0.2, -0.15) is 0 Å². The summed E-state index contributed by atoms with van der Waals surface area (Å²) in [5, 5.41) is 4.68. The Labute approximate surface area is 119 Å². The molecule has 2 aromatic rings. The third-order valence-corrected chi connectivity index (χ3v) is 4.79. The Kier molecular flexibility index (Phi) is 3.36. The van der Waals surface area contributed by atoms with Crippen LogP contribution in [0.3, 0.4) is 0 Å². The zero-order valence-electron chi connectivity index (χ0n) is 11.3. The summed E-state index contributed by atoms with van der Waals surface area (Å²) in [5.74, 6) is 0. The molecule has 0 amide bonds. The van der Waals surface area contributed by atoms with Crippen LogP contribution in [0.25, 0.3) is 0 Å². The fourth-order valence-corrected chi connectivity index (χ4v) is 3.25. The van der Waals surface area contributed by atoms with Gasteiger partial charge in [-0.1, -0.05) is 36.4 Å². The van der Waals surface area contributed by atoms with E-state index in [-0.39, 0.29) is 6.04 Å². The average molecular weight is 286 g/mol. The van der Waals surface area contributed by atoms with E-state index in [1.165, 1.54) is 17.4 Å². The van der Waals surface area contributed by atoms with E-state index in [0.717, 1.165) is 18.5 Å². The van der Waals surface area contributed by atoms with Gasteiger partial charge in [0.2, 0.25) is 0 Å². The van der Waals surface area contributed by atoms with Crippen molar-refractivity contribution in [1.82, 2.24) is 5.32 Å². The fraction of sp³-hybridized carbons (Fsp3) is 0.250. The molecule has 0 bridgehead atoms. The second kappa shape index (κ2) is 5.04. The van der Waals surface area contributed by atoms with Crippen molar-refractivity contribution in [3.05, 3.63) is 65.2 Å². The SMILES string of the molecule is CS(=O)(=O)c1ccc(C2[N]CCc3ccccc32)cc1. The van der Waals surface area contributed by atoms with Crippen molar-refractivity contribution in [1.29, 1.82) is 0 Å². The first-order valence-electron chi connectivity index (χ1n) is 6.60. The Balaban J connectivity index is 1.99. The van der Waals surface area contributed by atoms with Crippen LogP contribution in [0.4, 0.5) is 0 Å². The summed E-state index contributed by atoms with van der Waals surface area (Å²) < 4.78 is 23.0. The quantitative estimate of drug-likeness (QED) is 0.850. The van der Waals surface area contributed by atoms with Crippen LogP contribution in [-0.2, 0) is 16.3 Å². The van der Waals surface area contributed by atoms with Crippen molar-refractivity contribution >= 4 is 9.84 Å². The van der Waals surface area contributed by atoms with Gasteiger partial charge >= 0.3 is 0 Å². The van der Waals surface area contributed by atoms with Gasteiger partial charge in [-0.25, -0.2) is 13.7 Å². The minimum Gasteiger partial charge on any atom is -0.229 e. The monoisotopic (exact) mass is 286 g/mol. The smallest absolute Gasteiger partial charge is 0.175 e. The molecule has 1 unspecified atom stereocenters. The molecule has 1 atom stereocenters. The first-order valence-corrected chi connectivity index (χ1v) is 8.49. The molecule has 1 aliphatic rings. The highest BCUT2D eigenvalue weighted by atomic mass is 32.2. The Morgan fingerprint density at radius 2 is 1.75 bits per heavy atom. The minimum absolute atomic E-state index is 0.0218. The van der Waals surface area contributed by atoms with E-state index in [9.17, 15) is 8.42 Å². The molecule has 0 aromatic heterocycles. The van der Waals surface area contributed by atoms with Crippen LogP contribution < -0.4 is 5.32 Å². The number of hydrogen-bond acceptors (Lipinski definition) is 2. The third-order valence-electron chi connectivity index (χ3n) is 3.67. The Hall–Kier alpha value is -1.65. The second-order valence-electron chi connectivity index (χ2n) is 5.10. The number of nitrogens with zero attached hydrogens (tertiary/aromatic N) is 1. The largest absolute Gasteiger partial charge is 0.229 e. The summed E-state index contributed by atoms with van der Waals surface area (Å²) >= 11 is 0. The molecule has 103 valence electrons. The maximum Gasteiger partial charge on any atom is 0.175 e. The van der Waals surface area contributed by atoms with E-state index >= 15 is 0 Å². The highest BCUT2D eigenvalue weighted by Gasteiger charge is 2.22. The van der Waals surface area contributed by atoms with Gasteiger partial charge in [-0.05, 0) is 35.2 Å². The van der Waals surface area contributed by atoms with Crippen molar-refractivity contribution in [3.8, 4) is 0 Å². The number of rotatable bonds is 2. The summed E-state index contributed by atoms with van der Waals surface area (Å²) in [6.45, 7) is 0.815. The first-order chi connectivity index (χ1) is 9.55. The molecule has 0 spiro atoms. The Bertz CT molecular complexity index is 720. The van der Waals surface area contributed by atoms with Crippen LogP contribution in [0.1, 0.15) is 22.7 Å². The molecule has 1 aliphatic heterocycles. The predicted molar refractivity (Wildman–Crippen MR) is 78.5 cm³/mol. The molecule has 1 radical (unpaired) electrons. The van der Waals surface area contributed by atoms with Crippen molar-refractivity contribution in [3.63, 3.8) is 0 Å². The van der Waals surface area contributed by atoms with E-state index in [1.807, 2.05) is 24.3 Å². The van der Waals surface area contributed by atoms with E-state index in [1.54, 1.807) is 12.1 Å². The highest BCUT2D eigenvalue weighted by molar-refractivity contribution is 7.90. The van der Waals surface area contributed by atoms with Gasteiger partial charge in [-0.15, -0.1) is 0 Å². The van der Waals surface area contributed by atoms with Gasteiger partial charge in [0.05, 0.1) is 10.9 Å². The van der Waals surface area contributed by atoms with Crippen LogP contribution in [0.5, 0.6) is 0 Å². The van der Waals surface area contributed by atoms with Gasteiger partial charge in [-0.3, -0.25) is 0 Å². The highest BCUT2D eigenvalue weighted by Crippen LogP contribution is 2.30. The van der Waals surface area contributed by atoms with E-state index < -0.39 is 9.84 Å². The van der Waals surface area contributed by atoms with Crippen molar-refractivity contribution in [2.75, 3.05) is 12.8 Å². The Morgan fingerprint density at radius 3 is 2.45 bits per heavy atom. The lowest BCUT2D eigenvalue weighted by atomic mass is 9.90. The molecule has 20 heavy (non-hydrogen) atoms. The zero-order chi connectivity index (χ0) is 14.2. The van der Waals surface area contributed by atoms with Crippen LogP contribution in [0.15, 0.2) is 53.4 Å². The summed E-state index contributed by atoms with van der Waals surface area (Å²) in [7, 11) is -3.14. The van der Waals surface area contributed by atoms with Gasteiger partial charge in [0, 0.05) is 12.8 Å². The summed E-state index contributed by atoms with van der Waals surface area (Å²) in [5.41, 5.74) is 3.61. The molecule has 0 saturated heterocycles. The Morgan fingerprint density at radius 1 is 1.05 bits per heavy atom. The van der Waals surface area contributed by atoms with Crippen LogP contribution in [0.2, 0.25) is 0 Å². The molecule has 0 N–H and O–H groups in total. The topological polar surface area (TPSA) is 48.2 Å². The van der Waals surface area contributed by atoms with Crippen molar-refractivity contribution in [2.24, 2.45) is 0 Å². The molecule has 0 fully saturated rings. The fourth-order valence-electron chi connectivity index (χ4n) is 2.62. The van der Waals surface area contributed by atoms with Crippen molar-refractivity contribution in [2.45, 2.75) is 17.4 Å². The normalized spacial score (nSPS) is 18.6. The average Bonchev–Trinajstić information content (AvgIpc) is 2.46. The molecule has 3 nitrogen and oxygen atoms in total. The molecular formula is C16H16NO2S. The predicted octanol–water partition coefficient (Wildman–Crippen LogP) is 2.34. The molecular weight excluding hydrogens is 270 g/mol. The van der Waals surface area contributed by atoms with Gasteiger partial charge in [0.25, 0.3) is 0 Å². The lowest BCUT2D eigenvalue weighted by molar-refractivity contribution is 0.555. The number of benzene rings is 2. The minimum atomic E-state index is -3.14. The zero-order valence-corrected chi connectivity index (χ0v) is 12.1. The molecule has 3 rings (SSSR count). The standard InChI is InChI=1S/C16H16NO2S/c1-20(18,19)14-8-6-13(7-9-14)16-15-5-3-2-4-12(15)10-11-17-16/h2-9,16H,10-11H2,1H3. The molecule has 0 aliphatic carbocycles. The first kappa shape index (κ1) is 13.3. The lowest BCUT2D eigenvalue weighted by Gasteiger charge is -2.25. The van der Waals surface area contributed by atoms with Crippen LogP contribution in [-0.4, -0.2) is 21.2 Å². The van der Waals surface area contributed by atoms with Gasteiger partial charge < -0.3 is 0 Å². The van der Waals surface area contributed by atoms with Crippen molar-refractivity contribution < 1.29 is 8.42 Å². The van der Waals surface area contributed by atoms with Gasteiger partial charge in [0.15, 0.2) is 9.84 Å². The summed E-state index contributed by atoms with van der Waals surface area (Å²) in [6.07, 6.45) is 2.20. The summed E-state index contributed by atoms with van der Waals surface area (Å²) in [6, 6.07) is 15.4. The lowest BCUT2D eigenvalue weighted by Crippen LogP contribution is -2.24. The van der Waals surface area contributed by atoms with E-state index in [2.05, 4.69) is 17.4 Å². The molecule has 2 aromatic carbocycles. The number of sulfone groups is 1. The number of hydrogen-bond donors (Lipinski definition) is 0. The molecule has 0 saturated carbocycles. The maximum atomic E-state index is 11.5. The van der Waals surface area contributed by atoms with Gasteiger partial charge in [0.1, 0.15) is 0 Å².